The maximum atomic E-state index is 11.9. The highest BCUT2D eigenvalue weighted by Gasteiger charge is 2.10. The molecule has 0 unspecified atom stereocenters. The summed E-state index contributed by atoms with van der Waals surface area (Å²) < 4.78 is 5.86. The largest absolute Gasteiger partial charge is 0.481 e. The van der Waals surface area contributed by atoms with Crippen LogP contribution in [0, 0.1) is 6.92 Å². The fourth-order valence-corrected chi connectivity index (χ4v) is 2.34. The average Bonchev–Trinajstić information content (AvgIpc) is 2.55. The third-order valence-electron chi connectivity index (χ3n) is 3.08. The molecule has 2 aromatic rings. The number of rotatable bonds is 5. The lowest BCUT2D eigenvalue weighted by Gasteiger charge is -2.09. The van der Waals surface area contributed by atoms with Gasteiger partial charge in [0.1, 0.15) is 0 Å². The molecule has 0 bridgehead atoms. The second kappa shape index (κ2) is 7.73. The first-order valence-corrected chi connectivity index (χ1v) is 7.63. The van der Waals surface area contributed by atoms with Crippen LogP contribution in [0.15, 0.2) is 41.0 Å². The van der Waals surface area contributed by atoms with E-state index in [1.165, 1.54) is 13.3 Å². The Hall–Kier alpha value is -2.41. The van der Waals surface area contributed by atoms with Crippen molar-refractivity contribution in [3.63, 3.8) is 0 Å². The lowest BCUT2D eigenvalue weighted by Crippen LogP contribution is -2.33. The number of nitrogens with zero attached hydrogens (tertiary/aromatic N) is 1. The highest BCUT2D eigenvalue weighted by Crippen LogP contribution is 2.19. The predicted octanol–water partition coefficient (Wildman–Crippen LogP) is 2.53. The van der Waals surface area contributed by atoms with Crippen LogP contribution in [0.4, 0.5) is 5.69 Å². The third kappa shape index (κ3) is 4.79. The van der Waals surface area contributed by atoms with E-state index in [0.29, 0.717) is 17.1 Å². The van der Waals surface area contributed by atoms with Crippen LogP contribution in [0.5, 0.6) is 5.88 Å². The van der Waals surface area contributed by atoms with Crippen molar-refractivity contribution < 1.29 is 14.3 Å². The van der Waals surface area contributed by atoms with Crippen molar-refractivity contribution in [1.82, 2.24) is 10.3 Å². The maximum absolute atomic E-state index is 11.9. The second-order valence-corrected chi connectivity index (χ2v) is 5.70. The smallest absolute Gasteiger partial charge is 0.253 e. The van der Waals surface area contributed by atoms with Crippen LogP contribution >= 0.6 is 15.9 Å². The van der Waals surface area contributed by atoms with Crippen molar-refractivity contribution in [1.29, 1.82) is 0 Å². The van der Waals surface area contributed by atoms with Crippen molar-refractivity contribution in [2.45, 2.75) is 6.92 Å². The molecule has 1 aromatic heterocycles. The van der Waals surface area contributed by atoms with Crippen LogP contribution in [0.3, 0.4) is 0 Å². The number of anilines is 1. The molecule has 23 heavy (non-hydrogen) atoms. The molecule has 0 spiro atoms. The van der Waals surface area contributed by atoms with Crippen molar-refractivity contribution in [3.8, 4) is 5.88 Å². The Bertz CT molecular complexity index is 717. The maximum Gasteiger partial charge on any atom is 0.253 e. The molecule has 2 N–H and O–H groups in total. The summed E-state index contributed by atoms with van der Waals surface area (Å²) in [5, 5.41) is 5.30. The van der Waals surface area contributed by atoms with Crippen molar-refractivity contribution in [2.24, 2.45) is 0 Å². The van der Waals surface area contributed by atoms with Gasteiger partial charge in [0.2, 0.25) is 11.8 Å². The van der Waals surface area contributed by atoms with E-state index in [2.05, 4.69) is 31.5 Å². The number of halogens is 1. The number of ether oxygens (including phenoxy) is 1. The molecule has 1 aromatic carbocycles. The zero-order valence-electron chi connectivity index (χ0n) is 12.7. The van der Waals surface area contributed by atoms with Crippen LogP contribution in [0.25, 0.3) is 0 Å². The highest BCUT2D eigenvalue weighted by atomic mass is 79.9. The molecule has 1 heterocycles. The minimum atomic E-state index is -0.372. The zero-order chi connectivity index (χ0) is 16.8. The number of methoxy groups -OCH3 is 1. The summed E-state index contributed by atoms with van der Waals surface area (Å²) in [4.78, 5) is 27.8. The van der Waals surface area contributed by atoms with Gasteiger partial charge in [-0.1, -0.05) is 15.9 Å². The molecule has 6 nitrogen and oxygen atoms in total. The van der Waals surface area contributed by atoms with Crippen LogP contribution in [-0.4, -0.2) is 30.5 Å². The zero-order valence-corrected chi connectivity index (χ0v) is 14.3. The number of benzene rings is 1. The minimum Gasteiger partial charge on any atom is -0.481 e. The molecule has 0 aliphatic heterocycles. The molecule has 0 aliphatic rings. The standard InChI is InChI=1S/C16H16BrN3O3/c1-10-7-12(17)4-5-13(10)20-14(21)9-19-16(22)11-3-6-15(23-2)18-8-11/h3-8H,9H2,1-2H3,(H,19,22)(H,20,21). The number of nitrogens with one attached hydrogen (secondary N) is 2. The summed E-state index contributed by atoms with van der Waals surface area (Å²) in [6.07, 6.45) is 1.39. The number of hydrogen-bond acceptors (Lipinski definition) is 4. The van der Waals surface area contributed by atoms with E-state index >= 15 is 0 Å². The van der Waals surface area contributed by atoms with Crippen molar-refractivity contribution in [3.05, 3.63) is 52.1 Å². The number of aromatic nitrogens is 1. The Balaban J connectivity index is 1.89. The van der Waals surface area contributed by atoms with Crippen molar-refractivity contribution in [2.75, 3.05) is 19.0 Å². The van der Waals surface area contributed by atoms with E-state index in [1.807, 2.05) is 19.1 Å². The Morgan fingerprint density at radius 2 is 2.04 bits per heavy atom. The molecule has 0 atom stereocenters. The Kier molecular flexibility index (Phi) is 5.70. The topological polar surface area (TPSA) is 80.3 Å². The number of amides is 2. The van der Waals surface area contributed by atoms with Gasteiger partial charge < -0.3 is 15.4 Å². The van der Waals surface area contributed by atoms with Crippen LogP contribution in [0.1, 0.15) is 15.9 Å². The van der Waals surface area contributed by atoms with Gasteiger partial charge in [0.15, 0.2) is 0 Å². The van der Waals surface area contributed by atoms with E-state index < -0.39 is 0 Å². The number of hydrogen-bond donors (Lipinski definition) is 2. The van der Waals surface area contributed by atoms with Gasteiger partial charge >= 0.3 is 0 Å². The Morgan fingerprint density at radius 1 is 1.26 bits per heavy atom. The third-order valence-corrected chi connectivity index (χ3v) is 3.57. The van der Waals surface area contributed by atoms with E-state index in [9.17, 15) is 9.59 Å². The molecule has 120 valence electrons. The first-order valence-electron chi connectivity index (χ1n) is 6.84. The van der Waals surface area contributed by atoms with Gasteiger partial charge in [-0.25, -0.2) is 4.98 Å². The molecular formula is C16H16BrN3O3. The van der Waals surface area contributed by atoms with E-state index in [1.54, 1.807) is 18.2 Å². The summed E-state index contributed by atoms with van der Waals surface area (Å²) in [5.41, 5.74) is 2.00. The molecular weight excluding hydrogens is 362 g/mol. The van der Waals surface area contributed by atoms with Gasteiger partial charge in [0, 0.05) is 22.4 Å². The van der Waals surface area contributed by atoms with E-state index in [-0.39, 0.29) is 18.4 Å². The van der Waals surface area contributed by atoms with E-state index in [4.69, 9.17) is 4.74 Å². The molecule has 2 rings (SSSR count). The predicted molar refractivity (Wildman–Crippen MR) is 90.6 cm³/mol. The molecule has 0 aliphatic carbocycles. The SMILES string of the molecule is COc1ccc(C(=O)NCC(=O)Nc2ccc(Br)cc2C)cn1. The van der Waals surface area contributed by atoms with Gasteiger partial charge in [0.05, 0.1) is 19.2 Å². The molecule has 2 amide bonds. The van der Waals surface area contributed by atoms with Crippen LogP contribution < -0.4 is 15.4 Å². The summed E-state index contributed by atoms with van der Waals surface area (Å²) in [6.45, 7) is 1.77. The first-order chi connectivity index (χ1) is 11.0. The lowest BCUT2D eigenvalue weighted by molar-refractivity contribution is -0.115. The minimum absolute atomic E-state index is 0.125. The fourth-order valence-electron chi connectivity index (χ4n) is 1.86. The first kappa shape index (κ1) is 17.0. The summed E-state index contributed by atoms with van der Waals surface area (Å²) in [6, 6.07) is 8.70. The average molecular weight is 378 g/mol. The van der Waals surface area contributed by atoms with Crippen molar-refractivity contribution >= 4 is 33.4 Å². The number of aryl methyl sites for hydroxylation is 1. The lowest BCUT2D eigenvalue weighted by atomic mass is 10.2. The monoisotopic (exact) mass is 377 g/mol. The quantitative estimate of drug-likeness (QED) is 0.838. The number of pyridine rings is 1. The van der Waals surface area contributed by atoms with Gasteiger partial charge in [0.25, 0.3) is 5.91 Å². The molecule has 0 saturated carbocycles. The van der Waals surface area contributed by atoms with Gasteiger partial charge in [-0.3, -0.25) is 9.59 Å². The fraction of sp³-hybridized carbons (Fsp3) is 0.188. The molecule has 0 radical (unpaired) electrons. The highest BCUT2D eigenvalue weighted by molar-refractivity contribution is 9.10. The van der Waals surface area contributed by atoms with Crippen LogP contribution in [0.2, 0.25) is 0 Å². The van der Waals surface area contributed by atoms with Gasteiger partial charge in [-0.2, -0.15) is 0 Å². The van der Waals surface area contributed by atoms with Crippen LogP contribution in [-0.2, 0) is 4.79 Å². The van der Waals surface area contributed by atoms with Gasteiger partial charge in [-0.05, 0) is 36.8 Å². The second-order valence-electron chi connectivity index (χ2n) is 4.78. The molecule has 0 fully saturated rings. The Morgan fingerprint density at radius 3 is 2.65 bits per heavy atom. The normalized spacial score (nSPS) is 10.0. The summed E-state index contributed by atoms with van der Waals surface area (Å²) in [5.74, 6) is -0.252. The molecule has 7 heteroatoms. The summed E-state index contributed by atoms with van der Waals surface area (Å²) in [7, 11) is 1.50. The van der Waals surface area contributed by atoms with Gasteiger partial charge in [-0.15, -0.1) is 0 Å². The van der Waals surface area contributed by atoms with E-state index in [0.717, 1.165) is 10.0 Å². The number of carbonyl (C=O) groups is 2. The Labute approximate surface area is 142 Å². The summed E-state index contributed by atoms with van der Waals surface area (Å²) >= 11 is 3.36. The molecule has 0 saturated heterocycles. The number of carbonyl (C=O) groups excluding carboxylic acids is 2.